The van der Waals surface area contributed by atoms with Gasteiger partial charge < -0.3 is 10.0 Å². The van der Waals surface area contributed by atoms with E-state index in [1.165, 1.54) is 5.56 Å². The summed E-state index contributed by atoms with van der Waals surface area (Å²) in [5.41, 5.74) is 1.22. The van der Waals surface area contributed by atoms with Gasteiger partial charge in [0.15, 0.2) is 0 Å². The van der Waals surface area contributed by atoms with E-state index in [1.807, 2.05) is 19.3 Å². The molecule has 0 saturated carbocycles. The van der Waals surface area contributed by atoms with Crippen LogP contribution in [0.5, 0.6) is 0 Å². The summed E-state index contributed by atoms with van der Waals surface area (Å²) in [4.78, 5) is 16.5. The van der Waals surface area contributed by atoms with Crippen LogP contribution in [0.4, 0.5) is 0 Å². The van der Waals surface area contributed by atoms with Crippen molar-refractivity contribution in [3.05, 3.63) is 30.1 Å². The van der Waals surface area contributed by atoms with Gasteiger partial charge in [0.1, 0.15) is 0 Å². The second-order valence-electron chi connectivity index (χ2n) is 3.91. The summed E-state index contributed by atoms with van der Waals surface area (Å²) >= 11 is 0. The maximum Gasteiger partial charge on any atom is 0.303 e. The van der Waals surface area contributed by atoms with Crippen molar-refractivity contribution >= 4 is 5.97 Å². The Kier molecular flexibility index (Phi) is 5.50. The van der Waals surface area contributed by atoms with Gasteiger partial charge in [-0.2, -0.15) is 0 Å². The second kappa shape index (κ2) is 6.95. The number of hydrogen-bond acceptors (Lipinski definition) is 3. The van der Waals surface area contributed by atoms with Gasteiger partial charge in [-0.3, -0.25) is 9.78 Å². The predicted octanol–water partition coefficient (Wildman–Crippen LogP) is 1.42. The minimum absolute atomic E-state index is 0.247. The van der Waals surface area contributed by atoms with Crippen LogP contribution in [0.15, 0.2) is 24.5 Å². The van der Waals surface area contributed by atoms with E-state index in [2.05, 4.69) is 16.0 Å². The van der Waals surface area contributed by atoms with Gasteiger partial charge in [-0.1, -0.05) is 6.07 Å². The van der Waals surface area contributed by atoms with E-state index in [0.717, 1.165) is 19.5 Å². The molecular weight excluding hydrogens is 204 g/mol. The van der Waals surface area contributed by atoms with Gasteiger partial charge in [0, 0.05) is 25.4 Å². The predicted molar refractivity (Wildman–Crippen MR) is 62.3 cm³/mol. The van der Waals surface area contributed by atoms with Crippen molar-refractivity contribution in [2.75, 3.05) is 20.1 Å². The van der Waals surface area contributed by atoms with Gasteiger partial charge in [0.2, 0.25) is 0 Å². The number of likely N-dealkylation sites (N-methyl/N-ethyl adjacent to an activating group) is 1. The van der Waals surface area contributed by atoms with E-state index in [-0.39, 0.29) is 6.42 Å². The van der Waals surface area contributed by atoms with Gasteiger partial charge in [-0.05, 0) is 38.1 Å². The number of carboxylic acids is 1. The zero-order valence-electron chi connectivity index (χ0n) is 9.59. The van der Waals surface area contributed by atoms with Crippen LogP contribution in [0.2, 0.25) is 0 Å². The third-order valence-electron chi connectivity index (χ3n) is 2.44. The average molecular weight is 222 g/mol. The molecule has 0 fully saturated rings. The van der Waals surface area contributed by atoms with Crippen molar-refractivity contribution in [3.63, 3.8) is 0 Å². The Labute approximate surface area is 95.9 Å². The molecule has 88 valence electrons. The Morgan fingerprint density at radius 2 is 2.31 bits per heavy atom. The summed E-state index contributed by atoms with van der Waals surface area (Å²) in [5.74, 6) is -0.722. The Bertz CT molecular complexity index is 314. The fourth-order valence-corrected chi connectivity index (χ4v) is 1.48. The standard InChI is InChI=1S/C12H18N2O2/c1-14(8-3-5-12(15)16)9-6-11-4-2-7-13-10-11/h2,4,7,10H,3,5-6,8-9H2,1H3,(H,15,16). The van der Waals surface area contributed by atoms with Crippen LogP contribution in [0.3, 0.4) is 0 Å². The Balaban J connectivity index is 2.15. The third-order valence-corrected chi connectivity index (χ3v) is 2.44. The number of aromatic nitrogens is 1. The number of pyridine rings is 1. The normalized spacial score (nSPS) is 10.6. The molecule has 1 aromatic rings. The number of carbonyl (C=O) groups is 1. The highest BCUT2D eigenvalue weighted by atomic mass is 16.4. The molecule has 0 unspecified atom stereocenters. The zero-order chi connectivity index (χ0) is 11.8. The van der Waals surface area contributed by atoms with Crippen LogP contribution in [0.1, 0.15) is 18.4 Å². The molecule has 0 bridgehead atoms. The minimum Gasteiger partial charge on any atom is -0.481 e. The lowest BCUT2D eigenvalue weighted by Gasteiger charge is -2.15. The van der Waals surface area contributed by atoms with E-state index < -0.39 is 5.97 Å². The lowest BCUT2D eigenvalue weighted by molar-refractivity contribution is -0.137. The number of hydrogen-bond donors (Lipinski definition) is 1. The van der Waals surface area contributed by atoms with E-state index in [4.69, 9.17) is 5.11 Å². The molecule has 0 amide bonds. The van der Waals surface area contributed by atoms with Gasteiger partial charge in [0.25, 0.3) is 0 Å². The lowest BCUT2D eigenvalue weighted by atomic mass is 10.2. The topological polar surface area (TPSA) is 53.4 Å². The van der Waals surface area contributed by atoms with Crippen LogP contribution in [0, 0.1) is 0 Å². The molecule has 4 heteroatoms. The van der Waals surface area contributed by atoms with Crippen LogP contribution in [0.25, 0.3) is 0 Å². The molecule has 0 atom stereocenters. The van der Waals surface area contributed by atoms with Gasteiger partial charge in [0.05, 0.1) is 0 Å². The average Bonchev–Trinajstić information content (AvgIpc) is 2.27. The molecule has 0 aliphatic heterocycles. The molecule has 0 aliphatic carbocycles. The Morgan fingerprint density at radius 3 is 2.94 bits per heavy atom. The summed E-state index contributed by atoms with van der Waals surface area (Å²) in [7, 11) is 2.01. The molecule has 0 spiro atoms. The van der Waals surface area contributed by atoms with Crippen molar-refractivity contribution in [3.8, 4) is 0 Å². The SMILES string of the molecule is CN(CCCC(=O)O)CCc1cccnc1. The first-order valence-corrected chi connectivity index (χ1v) is 5.47. The molecule has 1 rings (SSSR count). The maximum absolute atomic E-state index is 10.3. The lowest BCUT2D eigenvalue weighted by Crippen LogP contribution is -2.23. The van der Waals surface area contributed by atoms with Crippen LogP contribution in [-0.2, 0) is 11.2 Å². The minimum atomic E-state index is -0.722. The summed E-state index contributed by atoms with van der Waals surface area (Å²) in [5, 5.41) is 8.51. The number of carboxylic acid groups (broad SMARTS) is 1. The highest BCUT2D eigenvalue weighted by Crippen LogP contribution is 1.99. The van der Waals surface area contributed by atoms with Crippen molar-refractivity contribution in [1.82, 2.24) is 9.88 Å². The van der Waals surface area contributed by atoms with Crippen LogP contribution < -0.4 is 0 Å². The van der Waals surface area contributed by atoms with E-state index in [1.54, 1.807) is 6.20 Å². The molecule has 0 radical (unpaired) electrons. The quantitative estimate of drug-likeness (QED) is 0.758. The van der Waals surface area contributed by atoms with Crippen molar-refractivity contribution < 1.29 is 9.90 Å². The van der Waals surface area contributed by atoms with Gasteiger partial charge in [-0.15, -0.1) is 0 Å². The first-order chi connectivity index (χ1) is 7.68. The van der Waals surface area contributed by atoms with E-state index in [9.17, 15) is 4.79 Å². The van der Waals surface area contributed by atoms with E-state index in [0.29, 0.717) is 6.42 Å². The largest absolute Gasteiger partial charge is 0.481 e. The van der Waals surface area contributed by atoms with Crippen molar-refractivity contribution in [1.29, 1.82) is 0 Å². The molecule has 1 N–H and O–H groups in total. The molecule has 0 aliphatic rings. The first-order valence-electron chi connectivity index (χ1n) is 5.47. The summed E-state index contributed by atoms with van der Waals surface area (Å²) < 4.78 is 0. The Hall–Kier alpha value is -1.42. The molecule has 4 nitrogen and oxygen atoms in total. The fourth-order valence-electron chi connectivity index (χ4n) is 1.48. The zero-order valence-corrected chi connectivity index (χ0v) is 9.59. The van der Waals surface area contributed by atoms with Crippen molar-refractivity contribution in [2.45, 2.75) is 19.3 Å². The number of nitrogens with zero attached hydrogens (tertiary/aromatic N) is 2. The highest BCUT2D eigenvalue weighted by molar-refractivity contribution is 5.66. The fraction of sp³-hybridized carbons (Fsp3) is 0.500. The molecule has 1 heterocycles. The molecule has 0 aromatic carbocycles. The van der Waals surface area contributed by atoms with Crippen molar-refractivity contribution in [2.24, 2.45) is 0 Å². The second-order valence-corrected chi connectivity index (χ2v) is 3.91. The third kappa shape index (κ3) is 5.46. The molecule has 0 saturated heterocycles. The van der Waals surface area contributed by atoms with Gasteiger partial charge >= 0.3 is 5.97 Å². The molecule has 16 heavy (non-hydrogen) atoms. The van der Waals surface area contributed by atoms with Crippen LogP contribution in [-0.4, -0.2) is 41.1 Å². The van der Waals surface area contributed by atoms with Crippen LogP contribution >= 0.6 is 0 Å². The first kappa shape index (κ1) is 12.6. The molecule has 1 aromatic heterocycles. The summed E-state index contributed by atoms with van der Waals surface area (Å²) in [6.07, 6.45) is 5.54. The maximum atomic E-state index is 10.3. The monoisotopic (exact) mass is 222 g/mol. The van der Waals surface area contributed by atoms with Gasteiger partial charge in [-0.25, -0.2) is 0 Å². The summed E-state index contributed by atoms with van der Waals surface area (Å²) in [6, 6.07) is 3.98. The van der Waals surface area contributed by atoms with E-state index >= 15 is 0 Å². The smallest absolute Gasteiger partial charge is 0.303 e. The highest BCUT2D eigenvalue weighted by Gasteiger charge is 2.01. The summed E-state index contributed by atoms with van der Waals surface area (Å²) in [6.45, 7) is 1.76. The number of aliphatic carboxylic acids is 1. The number of rotatable bonds is 7. The molecular formula is C12H18N2O2. The Morgan fingerprint density at radius 1 is 1.50 bits per heavy atom.